The number of hydrogen-bond acceptors (Lipinski definition) is 4. The zero-order valence-electron chi connectivity index (χ0n) is 13.0. The molecule has 0 aliphatic rings. The summed E-state index contributed by atoms with van der Waals surface area (Å²) in [6.45, 7) is 7.97. The molecular weight excluding hydrogens is 415 g/mol. The molecule has 1 unspecified atom stereocenters. The van der Waals surface area contributed by atoms with Gasteiger partial charge in [0.1, 0.15) is 11.4 Å². The van der Waals surface area contributed by atoms with Gasteiger partial charge in [0.05, 0.1) is 0 Å². The molecule has 2 rings (SSSR count). The smallest absolute Gasteiger partial charge is 0.126 e. The second-order valence-electron chi connectivity index (χ2n) is 5.03. The molecule has 2 aromatic carbocycles. The van der Waals surface area contributed by atoms with E-state index in [9.17, 15) is 4.89 Å². The van der Waals surface area contributed by atoms with Gasteiger partial charge in [0.15, 0.2) is 0 Å². The molecule has 0 aliphatic heterocycles. The topological polar surface area (TPSA) is 32.3 Å². The molecule has 6 heteroatoms. The number of benzene rings is 2. The van der Waals surface area contributed by atoms with E-state index in [1.165, 1.54) is 0 Å². The maximum atomic E-state index is 12.6. The molecule has 0 saturated heterocycles. The molecule has 1 atom stereocenters. The Morgan fingerprint density at radius 2 is 1.50 bits per heavy atom. The number of rotatable bonds is 4. The van der Waals surface area contributed by atoms with Gasteiger partial charge in [-0.1, -0.05) is 47.5 Å². The molecule has 0 bridgehead atoms. The Hall–Kier alpha value is -0.112. The first-order valence-corrected chi connectivity index (χ1v) is 10.7. The van der Waals surface area contributed by atoms with Crippen LogP contribution < -0.4 is 9.42 Å². The first-order chi connectivity index (χ1) is 9.80. The summed E-state index contributed by atoms with van der Waals surface area (Å²) in [6.07, 6.45) is 0. The Morgan fingerprint density at radius 3 is 2.14 bits per heavy atom. The van der Waals surface area contributed by atoms with Crippen LogP contribution in [0.25, 0.3) is 0 Å². The van der Waals surface area contributed by atoms with E-state index in [4.69, 9.17) is 16.3 Å². The van der Waals surface area contributed by atoms with Gasteiger partial charge in [0.2, 0.25) is 0 Å². The van der Waals surface area contributed by atoms with Gasteiger partial charge in [-0.2, -0.15) is 0 Å². The van der Waals surface area contributed by atoms with Crippen LogP contribution in [-0.4, -0.2) is 0 Å². The molecule has 0 heterocycles. The zero-order valence-corrected chi connectivity index (χ0v) is 17.5. The summed E-state index contributed by atoms with van der Waals surface area (Å²) < 4.78 is 5.65. The maximum Gasteiger partial charge on any atom is 0.126 e. The Kier molecular flexibility index (Phi) is 7.36. The van der Waals surface area contributed by atoms with Crippen molar-refractivity contribution >= 4 is 28.9 Å². The average molecular weight is 433 g/mol. The Bertz CT molecular complexity index is 662. The minimum Gasteiger partial charge on any atom is -0.783 e. The van der Waals surface area contributed by atoms with Crippen molar-refractivity contribution in [1.82, 2.24) is 0 Å². The van der Waals surface area contributed by atoms with Crippen LogP contribution in [0.5, 0.6) is 5.75 Å². The van der Waals surface area contributed by atoms with E-state index < -0.39 is 5.69 Å². The minimum absolute atomic E-state index is 0. The van der Waals surface area contributed by atoms with E-state index in [1.807, 2.05) is 64.1 Å². The van der Waals surface area contributed by atoms with Crippen molar-refractivity contribution in [2.75, 3.05) is 0 Å². The summed E-state index contributed by atoms with van der Waals surface area (Å²) in [4.78, 5) is 13.6. The van der Waals surface area contributed by atoms with Crippen LogP contribution in [0.1, 0.15) is 22.3 Å². The van der Waals surface area contributed by atoms with Crippen LogP contribution >= 0.6 is 17.1 Å². The summed E-state index contributed by atoms with van der Waals surface area (Å²) >= 11 is 6.35. The van der Waals surface area contributed by atoms with Crippen molar-refractivity contribution in [2.45, 2.75) is 32.6 Å². The van der Waals surface area contributed by atoms with Gasteiger partial charge in [0, 0.05) is 26.0 Å². The van der Waals surface area contributed by atoms with Crippen LogP contribution in [-0.2, 0) is 32.9 Å². The van der Waals surface area contributed by atoms with Gasteiger partial charge in [0.25, 0.3) is 0 Å². The van der Waals surface area contributed by atoms with Gasteiger partial charge in [-0.05, 0) is 62.1 Å². The first kappa shape index (κ1) is 19.9. The van der Waals surface area contributed by atoms with E-state index in [0.717, 1.165) is 38.5 Å². The summed E-state index contributed by atoms with van der Waals surface area (Å²) in [5, 5.41) is 0. The first-order valence-electron chi connectivity index (χ1n) is 6.63. The molecule has 2 nitrogen and oxygen atoms in total. The summed E-state index contributed by atoms with van der Waals surface area (Å²) in [6, 6.07) is 11.6. The fourth-order valence-electron chi connectivity index (χ4n) is 1.91. The summed E-state index contributed by atoms with van der Waals surface area (Å²) in [7, 11) is 0. The average Bonchev–Trinajstić information content (AvgIpc) is 2.40. The van der Waals surface area contributed by atoms with Crippen LogP contribution in [0.15, 0.2) is 41.3 Å². The van der Waals surface area contributed by atoms with Crippen LogP contribution in [0, 0.1) is 27.7 Å². The molecule has 0 N–H and O–H groups in total. The van der Waals surface area contributed by atoms with E-state index in [0.29, 0.717) is 5.75 Å². The fraction of sp³-hybridized carbons (Fsp3) is 0.250. The van der Waals surface area contributed by atoms with E-state index in [2.05, 4.69) is 0 Å². The monoisotopic (exact) mass is 435 g/mol. The van der Waals surface area contributed by atoms with Crippen molar-refractivity contribution in [2.24, 2.45) is 0 Å². The largest absolute Gasteiger partial charge is 0.783 e. The SMILES string of the molecule is Cc1cccc(OP([O-])(=S)Sc2cccc(C)c2C)c1C.[Mo]. The van der Waals surface area contributed by atoms with E-state index >= 15 is 0 Å². The number of hydrogen-bond donors (Lipinski definition) is 0. The molecule has 0 spiro atoms. The van der Waals surface area contributed by atoms with Gasteiger partial charge >= 0.3 is 0 Å². The minimum atomic E-state index is -3.23. The molecule has 0 fully saturated rings. The summed E-state index contributed by atoms with van der Waals surface area (Å²) in [5.74, 6) is 0.603. The molecular formula is C16H18MoO2PS2-. The predicted molar refractivity (Wildman–Crippen MR) is 92.6 cm³/mol. The van der Waals surface area contributed by atoms with Gasteiger partial charge in [-0.3, -0.25) is 0 Å². The Balaban J connectivity index is 0.00000242. The standard InChI is InChI=1S/C16H19O2PS2.Mo/c1-11-7-5-9-15(13(11)3)18-19(17,20)21-16-10-6-8-12(2)14(16)4;/h5-10H,1-4H3,(H,17,20);/p-1. The Labute approximate surface area is 155 Å². The number of aryl methyl sites for hydroxylation is 2. The summed E-state index contributed by atoms with van der Waals surface area (Å²) in [5.41, 5.74) is 1.09. The molecule has 22 heavy (non-hydrogen) atoms. The van der Waals surface area contributed by atoms with Gasteiger partial charge in [-0.15, -0.1) is 0 Å². The third-order valence-electron chi connectivity index (χ3n) is 3.53. The van der Waals surface area contributed by atoms with Gasteiger partial charge in [-0.25, -0.2) is 0 Å². The van der Waals surface area contributed by atoms with E-state index in [1.54, 1.807) is 0 Å². The Morgan fingerprint density at radius 1 is 0.955 bits per heavy atom. The third-order valence-corrected chi connectivity index (χ3v) is 7.19. The molecule has 0 aromatic heterocycles. The van der Waals surface area contributed by atoms with Crippen LogP contribution in [0.3, 0.4) is 0 Å². The molecule has 0 radical (unpaired) electrons. The predicted octanol–water partition coefficient (Wildman–Crippen LogP) is 4.67. The van der Waals surface area contributed by atoms with Crippen LogP contribution in [0.2, 0.25) is 0 Å². The maximum absolute atomic E-state index is 12.6. The normalized spacial score (nSPS) is 13.1. The third kappa shape index (κ3) is 4.94. The van der Waals surface area contributed by atoms with Crippen molar-refractivity contribution in [3.8, 4) is 5.75 Å². The molecule has 118 valence electrons. The second-order valence-corrected chi connectivity index (χ2v) is 10.9. The van der Waals surface area contributed by atoms with E-state index in [-0.39, 0.29) is 21.1 Å². The van der Waals surface area contributed by atoms with Gasteiger partial charge < -0.3 is 9.42 Å². The van der Waals surface area contributed by atoms with Crippen molar-refractivity contribution in [3.63, 3.8) is 0 Å². The van der Waals surface area contributed by atoms with Crippen molar-refractivity contribution < 1.29 is 30.5 Å². The second kappa shape index (κ2) is 8.13. The molecule has 0 amide bonds. The molecule has 0 saturated carbocycles. The van der Waals surface area contributed by atoms with Crippen LogP contribution in [0.4, 0.5) is 0 Å². The van der Waals surface area contributed by atoms with Crippen molar-refractivity contribution in [3.05, 3.63) is 58.7 Å². The molecule has 2 aromatic rings. The molecule has 0 aliphatic carbocycles. The van der Waals surface area contributed by atoms with Crippen molar-refractivity contribution in [1.29, 1.82) is 0 Å². The quantitative estimate of drug-likeness (QED) is 0.518. The zero-order chi connectivity index (χ0) is 15.6. The fourth-order valence-corrected chi connectivity index (χ4v) is 5.69.